The van der Waals surface area contributed by atoms with E-state index in [9.17, 15) is 26.7 Å². The van der Waals surface area contributed by atoms with Gasteiger partial charge in [-0.05, 0) is 18.2 Å². The van der Waals surface area contributed by atoms with E-state index < -0.39 is 36.7 Å². The van der Waals surface area contributed by atoms with Crippen molar-refractivity contribution in [3.63, 3.8) is 0 Å². The molecule has 0 spiro atoms. The summed E-state index contributed by atoms with van der Waals surface area (Å²) in [5.74, 6) is -3.61. The molecule has 0 bridgehead atoms. The van der Waals surface area contributed by atoms with Crippen molar-refractivity contribution in [2.45, 2.75) is 12.1 Å². The van der Waals surface area contributed by atoms with Crippen molar-refractivity contribution in [3.8, 4) is 0 Å². The van der Waals surface area contributed by atoms with E-state index in [2.05, 4.69) is 15.9 Å². The topological polar surface area (TPSA) is 20.3 Å². The molecule has 104 valence electrons. The smallest absolute Gasteiger partial charge is 0.326 e. The van der Waals surface area contributed by atoms with E-state index in [1.807, 2.05) is 0 Å². The second-order valence-electron chi connectivity index (χ2n) is 4.21. The van der Waals surface area contributed by atoms with Crippen LogP contribution in [0.3, 0.4) is 0 Å². The SMILES string of the molecule is O=C(c1ccc(C(F)(F)F)c(Br)c1)N1CC(F)(F)C1. The van der Waals surface area contributed by atoms with Crippen LogP contribution in [0.25, 0.3) is 0 Å². The largest absolute Gasteiger partial charge is 0.417 e. The molecule has 0 atom stereocenters. The molecule has 0 saturated carbocycles. The fraction of sp³-hybridized carbons (Fsp3) is 0.364. The maximum absolute atomic E-state index is 12.6. The van der Waals surface area contributed by atoms with Gasteiger partial charge in [-0.25, -0.2) is 8.78 Å². The predicted octanol–water partition coefficient (Wildman–Crippen LogP) is 3.56. The number of benzene rings is 1. The van der Waals surface area contributed by atoms with Crippen molar-refractivity contribution < 1.29 is 26.7 Å². The quantitative estimate of drug-likeness (QED) is 0.714. The Kier molecular flexibility index (Phi) is 3.32. The van der Waals surface area contributed by atoms with Gasteiger partial charge in [-0.3, -0.25) is 4.79 Å². The molecular formula is C11H7BrF5NO. The van der Waals surface area contributed by atoms with E-state index in [0.29, 0.717) is 0 Å². The lowest BCUT2D eigenvalue weighted by molar-refractivity contribution is -0.138. The van der Waals surface area contributed by atoms with Crippen LogP contribution >= 0.6 is 15.9 Å². The van der Waals surface area contributed by atoms with Crippen LogP contribution in [-0.2, 0) is 6.18 Å². The Hall–Kier alpha value is -1.18. The van der Waals surface area contributed by atoms with Gasteiger partial charge >= 0.3 is 6.18 Å². The maximum atomic E-state index is 12.6. The molecule has 0 radical (unpaired) electrons. The van der Waals surface area contributed by atoms with Gasteiger partial charge in [0.1, 0.15) is 0 Å². The number of likely N-dealkylation sites (tertiary alicyclic amines) is 1. The molecule has 19 heavy (non-hydrogen) atoms. The van der Waals surface area contributed by atoms with Gasteiger partial charge < -0.3 is 4.90 Å². The molecule has 1 aliphatic rings. The molecule has 1 heterocycles. The van der Waals surface area contributed by atoms with Crippen LogP contribution in [-0.4, -0.2) is 29.8 Å². The second-order valence-corrected chi connectivity index (χ2v) is 5.06. The molecule has 1 amide bonds. The summed E-state index contributed by atoms with van der Waals surface area (Å²) in [6.45, 7) is -1.41. The standard InChI is InChI=1S/C11H7BrF5NO/c12-8-3-6(1-2-7(8)11(15,16)17)9(19)18-4-10(13,14)5-18/h1-3H,4-5H2. The molecule has 1 saturated heterocycles. The van der Waals surface area contributed by atoms with Gasteiger partial charge in [0.15, 0.2) is 0 Å². The van der Waals surface area contributed by atoms with Crippen molar-refractivity contribution in [1.82, 2.24) is 4.90 Å². The summed E-state index contributed by atoms with van der Waals surface area (Å²) in [5.41, 5.74) is -0.978. The van der Waals surface area contributed by atoms with Gasteiger partial charge in [-0.15, -0.1) is 0 Å². The highest BCUT2D eigenvalue weighted by atomic mass is 79.9. The van der Waals surface area contributed by atoms with Crippen molar-refractivity contribution in [1.29, 1.82) is 0 Å². The minimum absolute atomic E-state index is 0.0598. The number of nitrogens with zero attached hydrogens (tertiary/aromatic N) is 1. The van der Waals surface area contributed by atoms with E-state index >= 15 is 0 Å². The lowest BCUT2D eigenvalue weighted by atomic mass is 10.1. The molecule has 0 aromatic heterocycles. The first-order valence-electron chi connectivity index (χ1n) is 5.14. The fourth-order valence-electron chi connectivity index (χ4n) is 1.72. The fourth-order valence-corrected chi connectivity index (χ4v) is 2.32. The molecule has 8 heteroatoms. The van der Waals surface area contributed by atoms with Gasteiger partial charge in [0, 0.05) is 10.0 Å². The zero-order valence-corrected chi connectivity index (χ0v) is 10.9. The number of alkyl halides is 5. The summed E-state index contributed by atoms with van der Waals surface area (Å²) >= 11 is 2.72. The molecule has 1 fully saturated rings. The van der Waals surface area contributed by atoms with E-state index in [0.717, 1.165) is 23.1 Å². The first-order valence-corrected chi connectivity index (χ1v) is 5.93. The third-order valence-corrected chi connectivity index (χ3v) is 3.31. The first-order chi connectivity index (χ1) is 8.60. The highest BCUT2D eigenvalue weighted by molar-refractivity contribution is 9.10. The van der Waals surface area contributed by atoms with E-state index in [-0.39, 0.29) is 10.0 Å². The second kappa shape index (κ2) is 4.43. The van der Waals surface area contributed by atoms with Gasteiger partial charge in [-0.2, -0.15) is 13.2 Å². The Labute approximate surface area is 113 Å². The van der Waals surface area contributed by atoms with Crippen LogP contribution < -0.4 is 0 Å². The summed E-state index contributed by atoms with van der Waals surface area (Å²) < 4.78 is 62.4. The van der Waals surface area contributed by atoms with Crippen molar-refractivity contribution in [3.05, 3.63) is 33.8 Å². The predicted molar refractivity (Wildman–Crippen MR) is 60.0 cm³/mol. The third-order valence-electron chi connectivity index (χ3n) is 2.65. The van der Waals surface area contributed by atoms with Crippen LogP contribution in [0.15, 0.2) is 22.7 Å². The number of carbonyl (C=O) groups excluding carboxylic acids is 1. The Morgan fingerprint density at radius 3 is 2.26 bits per heavy atom. The minimum Gasteiger partial charge on any atom is -0.326 e. The highest BCUT2D eigenvalue weighted by Gasteiger charge is 2.46. The molecule has 1 aromatic rings. The van der Waals surface area contributed by atoms with Gasteiger partial charge in [-0.1, -0.05) is 15.9 Å². The molecule has 1 aliphatic heterocycles. The summed E-state index contributed by atoms with van der Waals surface area (Å²) in [6.07, 6.45) is -4.54. The van der Waals surface area contributed by atoms with E-state index in [1.165, 1.54) is 0 Å². The monoisotopic (exact) mass is 343 g/mol. The zero-order valence-electron chi connectivity index (χ0n) is 9.27. The summed E-state index contributed by atoms with van der Waals surface area (Å²) in [6, 6.07) is 2.71. The summed E-state index contributed by atoms with van der Waals surface area (Å²) in [7, 11) is 0. The molecule has 2 nitrogen and oxygen atoms in total. The Morgan fingerprint density at radius 1 is 1.26 bits per heavy atom. The molecule has 1 aromatic carbocycles. The van der Waals surface area contributed by atoms with Crippen molar-refractivity contribution in [2.75, 3.05) is 13.1 Å². The van der Waals surface area contributed by atoms with Crippen molar-refractivity contribution >= 4 is 21.8 Å². The van der Waals surface area contributed by atoms with Crippen LogP contribution in [0.5, 0.6) is 0 Å². The highest BCUT2D eigenvalue weighted by Crippen LogP contribution is 2.36. The number of carbonyl (C=O) groups is 1. The number of hydrogen-bond donors (Lipinski definition) is 0. The minimum atomic E-state index is -4.54. The molecule has 0 aliphatic carbocycles. The average Bonchev–Trinajstić information content (AvgIpc) is 2.22. The molecule has 0 unspecified atom stereocenters. The van der Waals surface area contributed by atoms with Gasteiger partial charge in [0.05, 0.1) is 18.7 Å². The van der Waals surface area contributed by atoms with Crippen LogP contribution in [0, 0.1) is 0 Å². The maximum Gasteiger partial charge on any atom is 0.417 e. The Bertz CT molecular complexity index is 520. The summed E-state index contributed by atoms with van der Waals surface area (Å²) in [4.78, 5) is 12.6. The first kappa shape index (κ1) is 14.2. The van der Waals surface area contributed by atoms with Crippen LogP contribution in [0.1, 0.15) is 15.9 Å². The number of hydrogen-bond acceptors (Lipinski definition) is 1. The van der Waals surface area contributed by atoms with Crippen molar-refractivity contribution in [2.24, 2.45) is 0 Å². The van der Waals surface area contributed by atoms with Gasteiger partial charge in [0.25, 0.3) is 11.8 Å². The van der Waals surface area contributed by atoms with Gasteiger partial charge in [0.2, 0.25) is 0 Å². The molecule has 0 N–H and O–H groups in total. The normalized spacial score (nSPS) is 18.1. The Morgan fingerprint density at radius 2 is 1.84 bits per heavy atom. The van der Waals surface area contributed by atoms with Crippen LogP contribution in [0.4, 0.5) is 22.0 Å². The van der Waals surface area contributed by atoms with E-state index in [1.54, 1.807) is 0 Å². The van der Waals surface area contributed by atoms with Crippen LogP contribution in [0.2, 0.25) is 0 Å². The lowest BCUT2D eigenvalue weighted by Crippen LogP contribution is -2.58. The lowest BCUT2D eigenvalue weighted by Gasteiger charge is -2.38. The third kappa shape index (κ3) is 2.88. The zero-order chi connectivity index (χ0) is 14.4. The number of amides is 1. The van der Waals surface area contributed by atoms with E-state index in [4.69, 9.17) is 0 Å². The molecular weight excluding hydrogens is 337 g/mol. The number of rotatable bonds is 1. The number of halogens is 6. The summed E-state index contributed by atoms with van der Waals surface area (Å²) in [5, 5.41) is 0. The molecule has 2 rings (SSSR count). The average molecular weight is 344 g/mol. The Balaban J connectivity index is 2.19.